The van der Waals surface area contributed by atoms with E-state index in [1.54, 1.807) is 0 Å². The van der Waals surface area contributed by atoms with E-state index in [1.165, 1.54) is 11.1 Å². The van der Waals surface area contributed by atoms with E-state index in [0.717, 1.165) is 18.4 Å². The molecule has 1 aromatic carbocycles. The van der Waals surface area contributed by atoms with Crippen LogP contribution in [-0.4, -0.2) is 5.78 Å². The zero-order valence-corrected chi connectivity index (χ0v) is 10.7. The van der Waals surface area contributed by atoms with Crippen molar-refractivity contribution in [1.29, 1.82) is 0 Å². The number of Topliss-reactive ketones (excluding diaryl/α,β-unsaturated/α-hetero) is 1. The lowest BCUT2D eigenvalue weighted by Crippen LogP contribution is -1.97. The van der Waals surface area contributed by atoms with Gasteiger partial charge in [0.2, 0.25) is 0 Å². The first-order valence-corrected chi connectivity index (χ1v) is 6.50. The predicted octanol–water partition coefficient (Wildman–Crippen LogP) is 4.73. The van der Waals surface area contributed by atoms with Crippen LogP contribution in [0.4, 0.5) is 0 Å². The maximum Gasteiger partial charge on any atom is 0.162 e. The van der Waals surface area contributed by atoms with Gasteiger partial charge in [-0.3, -0.25) is 4.79 Å². The molecule has 0 amide bonds. The van der Waals surface area contributed by atoms with Crippen molar-refractivity contribution in [3.05, 3.63) is 60.2 Å². The lowest BCUT2D eigenvalue weighted by atomic mass is 10.1. The van der Waals surface area contributed by atoms with E-state index in [9.17, 15) is 4.79 Å². The van der Waals surface area contributed by atoms with Gasteiger partial charge in [-0.15, -0.1) is 0 Å². The molecule has 0 radical (unpaired) electrons. The standard InChI is InChI=1S/C11H14O.C6H4/c1-2-3-9-11(12)10-7-5-4-6-8-10;1-2-5-4-6(5)3-1/h4-8H,2-3,9H2,1H3;1-4H. The first-order valence-electron chi connectivity index (χ1n) is 6.50. The van der Waals surface area contributed by atoms with Crippen molar-refractivity contribution in [2.75, 3.05) is 0 Å². The van der Waals surface area contributed by atoms with Crippen molar-refractivity contribution in [3.8, 4) is 11.1 Å². The van der Waals surface area contributed by atoms with Crippen LogP contribution in [-0.2, 0) is 0 Å². The topological polar surface area (TPSA) is 17.1 Å². The quantitative estimate of drug-likeness (QED) is 0.601. The van der Waals surface area contributed by atoms with Crippen LogP contribution in [0.25, 0.3) is 11.1 Å². The third-order valence-corrected chi connectivity index (χ3v) is 2.97. The predicted molar refractivity (Wildman–Crippen MR) is 75.7 cm³/mol. The molecule has 0 N–H and O–H groups in total. The summed E-state index contributed by atoms with van der Waals surface area (Å²) in [6.07, 6.45) is 2.76. The van der Waals surface area contributed by atoms with Gasteiger partial charge in [-0.25, -0.2) is 0 Å². The highest BCUT2D eigenvalue weighted by atomic mass is 16.1. The van der Waals surface area contributed by atoms with Crippen molar-refractivity contribution in [2.24, 2.45) is 0 Å². The first kappa shape index (κ1) is 12.6. The number of carbonyl (C=O) groups excluding carboxylic acids is 1. The number of benzene rings is 2. The van der Waals surface area contributed by atoms with E-state index in [2.05, 4.69) is 31.2 Å². The molecule has 0 bridgehead atoms. The molecule has 3 rings (SSSR count). The van der Waals surface area contributed by atoms with Crippen LogP contribution in [0, 0.1) is 0 Å². The maximum absolute atomic E-state index is 11.4. The molecule has 0 fully saturated rings. The Morgan fingerprint density at radius 2 is 1.61 bits per heavy atom. The highest BCUT2D eigenvalue weighted by Gasteiger charge is 2.07. The van der Waals surface area contributed by atoms with Crippen molar-refractivity contribution < 1.29 is 4.79 Å². The van der Waals surface area contributed by atoms with Gasteiger partial charge in [0.05, 0.1) is 0 Å². The Kier molecular flexibility index (Phi) is 4.30. The second kappa shape index (κ2) is 6.15. The number of hydrogen-bond acceptors (Lipinski definition) is 1. The van der Waals surface area contributed by atoms with Crippen LogP contribution in [0.3, 0.4) is 0 Å². The summed E-state index contributed by atoms with van der Waals surface area (Å²) in [5.74, 6) is 0.262. The first-order chi connectivity index (χ1) is 8.81. The van der Waals surface area contributed by atoms with Gasteiger partial charge in [-0.2, -0.15) is 0 Å². The van der Waals surface area contributed by atoms with Gasteiger partial charge < -0.3 is 0 Å². The molecule has 1 heteroatoms. The van der Waals surface area contributed by atoms with Gasteiger partial charge in [0.1, 0.15) is 0 Å². The van der Waals surface area contributed by atoms with Crippen LogP contribution < -0.4 is 0 Å². The molecule has 2 aliphatic carbocycles. The maximum atomic E-state index is 11.4. The zero-order chi connectivity index (χ0) is 12.8. The minimum atomic E-state index is 0.262. The highest BCUT2D eigenvalue weighted by molar-refractivity contribution is 5.95. The van der Waals surface area contributed by atoms with Gasteiger partial charge in [-0.05, 0) is 23.6 Å². The van der Waals surface area contributed by atoms with Crippen LogP contribution in [0.1, 0.15) is 36.5 Å². The van der Waals surface area contributed by atoms with E-state index in [4.69, 9.17) is 0 Å². The molecule has 0 saturated heterocycles. The van der Waals surface area contributed by atoms with E-state index in [0.29, 0.717) is 6.42 Å². The van der Waals surface area contributed by atoms with Crippen LogP contribution >= 0.6 is 0 Å². The number of fused-ring (bicyclic) bond motifs is 1. The van der Waals surface area contributed by atoms with E-state index >= 15 is 0 Å². The summed E-state index contributed by atoms with van der Waals surface area (Å²) in [5.41, 5.74) is 3.69. The molecule has 92 valence electrons. The molecule has 0 atom stereocenters. The number of ketones is 1. The molecule has 0 heterocycles. The monoisotopic (exact) mass is 238 g/mol. The van der Waals surface area contributed by atoms with Gasteiger partial charge in [0, 0.05) is 12.0 Å². The van der Waals surface area contributed by atoms with Crippen LogP contribution in [0.15, 0.2) is 54.6 Å². The average molecular weight is 238 g/mol. The van der Waals surface area contributed by atoms with Crippen LogP contribution in [0.2, 0.25) is 0 Å². The smallest absolute Gasteiger partial charge is 0.162 e. The van der Waals surface area contributed by atoms with Gasteiger partial charge in [-0.1, -0.05) is 61.9 Å². The summed E-state index contributed by atoms with van der Waals surface area (Å²) < 4.78 is 0. The Morgan fingerprint density at radius 3 is 2.06 bits per heavy atom. The Hall–Kier alpha value is -1.89. The number of unbranched alkanes of at least 4 members (excludes halogenated alkanes) is 1. The lowest BCUT2D eigenvalue weighted by molar-refractivity contribution is 0.0980. The van der Waals surface area contributed by atoms with Gasteiger partial charge in [0.25, 0.3) is 0 Å². The molecule has 0 spiro atoms. The summed E-state index contributed by atoms with van der Waals surface area (Å²) in [6.45, 7) is 2.10. The zero-order valence-electron chi connectivity index (χ0n) is 10.7. The SMILES string of the molecule is CCCCC(=O)c1ccccc1.c1cc2cc-2c1. The molecule has 2 aliphatic rings. The Labute approximate surface area is 108 Å². The van der Waals surface area contributed by atoms with Crippen molar-refractivity contribution in [2.45, 2.75) is 26.2 Å². The summed E-state index contributed by atoms with van der Waals surface area (Å²) in [5, 5.41) is 0. The Bertz CT molecular complexity index is 497. The van der Waals surface area contributed by atoms with Crippen molar-refractivity contribution in [1.82, 2.24) is 0 Å². The van der Waals surface area contributed by atoms with Gasteiger partial charge in [0.15, 0.2) is 5.78 Å². The Balaban J connectivity index is 0.000000164. The molecular formula is C17H18O. The highest BCUT2D eigenvalue weighted by Crippen LogP contribution is 2.32. The summed E-state index contributed by atoms with van der Waals surface area (Å²) in [4.78, 5) is 11.4. The summed E-state index contributed by atoms with van der Waals surface area (Å²) >= 11 is 0. The number of hydrogen-bond donors (Lipinski definition) is 0. The average Bonchev–Trinajstić information content (AvgIpc) is 3.04. The fourth-order valence-corrected chi connectivity index (χ4v) is 1.78. The molecule has 1 nitrogen and oxygen atoms in total. The minimum absolute atomic E-state index is 0.262. The Morgan fingerprint density at radius 1 is 0.944 bits per heavy atom. The molecule has 0 aromatic heterocycles. The molecular weight excluding hydrogens is 220 g/mol. The van der Waals surface area contributed by atoms with E-state index < -0.39 is 0 Å². The fourth-order valence-electron chi connectivity index (χ4n) is 1.78. The second-order valence-electron chi connectivity index (χ2n) is 4.47. The minimum Gasteiger partial charge on any atom is -0.294 e. The molecule has 0 saturated carbocycles. The third-order valence-electron chi connectivity index (χ3n) is 2.97. The molecule has 0 aliphatic heterocycles. The molecule has 0 unspecified atom stereocenters. The fraction of sp³-hybridized carbons (Fsp3) is 0.235. The lowest BCUT2D eigenvalue weighted by Gasteiger charge is -1.97. The number of rotatable bonds is 4. The normalized spacial score (nSPS) is 10.3. The summed E-state index contributed by atoms with van der Waals surface area (Å²) in [6, 6.07) is 18.0. The van der Waals surface area contributed by atoms with E-state index in [-0.39, 0.29) is 5.78 Å². The summed E-state index contributed by atoms with van der Waals surface area (Å²) in [7, 11) is 0. The van der Waals surface area contributed by atoms with Crippen LogP contribution in [0.5, 0.6) is 0 Å². The van der Waals surface area contributed by atoms with Crippen molar-refractivity contribution in [3.63, 3.8) is 0 Å². The second-order valence-corrected chi connectivity index (χ2v) is 4.47. The van der Waals surface area contributed by atoms with Crippen molar-refractivity contribution >= 4 is 5.78 Å². The number of carbonyl (C=O) groups is 1. The van der Waals surface area contributed by atoms with E-state index in [1.807, 2.05) is 30.3 Å². The third kappa shape index (κ3) is 3.56. The molecule has 18 heavy (non-hydrogen) atoms. The molecule has 1 aromatic rings. The van der Waals surface area contributed by atoms with Gasteiger partial charge >= 0.3 is 0 Å². The largest absolute Gasteiger partial charge is 0.294 e.